The summed E-state index contributed by atoms with van der Waals surface area (Å²) in [6, 6.07) is 4.17. The molecule has 0 radical (unpaired) electrons. The van der Waals surface area contributed by atoms with Gasteiger partial charge in [-0.2, -0.15) is 10.1 Å². The Labute approximate surface area is 130 Å². The van der Waals surface area contributed by atoms with E-state index in [1.807, 2.05) is 23.0 Å². The normalized spacial score (nSPS) is 18.1. The lowest BCUT2D eigenvalue weighted by atomic mass is 10.1. The Bertz CT molecular complexity index is 553. The second-order valence-corrected chi connectivity index (χ2v) is 5.37. The van der Waals surface area contributed by atoms with Crippen LogP contribution in [0.1, 0.15) is 19.3 Å². The van der Waals surface area contributed by atoms with E-state index in [0.717, 1.165) is 51.4 Å². The van der Waals surface area contributed by atoms with Crippen LogP contribution in [-0.2, 0) is 11.3 Å². The Morgan fingerprint density at radius 3 is 3.18 bits per heavy atom. The maximum Gasteiger partial charge on any atom is 0.224 e. The minimum absolute atomic E-state index is 0.344. The van der Waals surface area contributed by atoms with Crippen molar-refractivity contribution in [3.05, 3.63) is 30.7 Å². The summed E-state index contributed by atoms with van der Waals surface area (Å²) in [6.07, 6.45) is 8.72. The fourth-order valence-electron chi connectivity index (χ4n) is 2.46. The van der Waals surface area contributed by atoms with Gasteiger partial charge in [0.15, 0.2) is 0 Å². The van der Waals surface area contributed by atoms with Gasteiger partial charge in [-0.05, 0) is 31.4 Å². The van der Waals surface area contributed by atoms with Crippen LogP contribution in [0.4, 0.5) is 11.8 Å². The molecule has 7 heteroatoms. The quantitative estimate of drug-likeness (QED) is 0.759. The van der Waals surface area contributed by atoms with E-state index in [9.17, 15) is 0 Å². The summed E-state index contributed by atoms with van der Waals surface area (Å²) in [7, 11) is 0. The highest BCUT2D eigenvalue weighted by Crippen LogP contribution is 2.13. The van der Waals surface area contributed by atoms with Crippen LogP contribution in [-0.4, -0.2) is 45.5 Å². The molecule has 1 aliphatic rings. The number of aryl methyl sites for hydroxylation is 1. The minimum atomic E-state index is 0.344. The van der Waals surface area contributed by atoms with E-state index in [1.165, 1.54) is 0 Å². The predicted molar refractivity (Wildman–Crippen MR) is 84.8 cm³/mol. The maximum absolute atomic E-state index is 5.47. The molecule has 1 saturated heterocycles. The fraction of sp³-hybridized carbons (Fsp3) is 0.533. The van der Waals surface area contributed by atoms with Gasteiger partial charge in [0.25, 0.3) is 0 Å². The first-order chi connectivity index (χ1) is 10.9. The van der Waals surface area contributed by atoms with Crippen molar-refractivity contribution in [1.82, 2.24) is 19.7 Å². The first-order valence-corrected chi connectivity index (χ1v) is 7.79. The summed E-state index contributed by atoms with van der Waals surface area (Å²) in [5.41, 5.74) is 0. The fourth-order valence-corrected chi connectivity index (χ4v) is 2.46. The highest BCUT2D eigenvalue weighted by molar-refractivity contribution is 5.40. The number of ether oxygens (including phenoxy) is 1. The Kier molecular flexibility index (Phi) is 5.20. The maximum atomic E-state index is 5.47. The zero-order valence-electron chi connectivity index (χ0n) is 12.6. The van der Waals surface area contributed by atoms with Crippen molar-refractivity contribution in [2.75, 3.05) is 30.4 Å². The molecule has 0 spiro atoms. The predicted octanol–water partition coefficient (Wildman–Crippen LogP) is 1.77. The largest absolute Gasteiger partial charge is 0.379 e. The van der Waals surface area contributed by atoms with Crippen LogP contribution in [0.15, 0.2) is 30.7 Å². The summed E-state index contributed by atoms with van der Waals surface area (Å²) in [5, 5.41) is 10.8. The number of nitrogens with one attached hydrogen (secondary N) is 2. The van der Waals surface area contributed by atoms with Crippen molar-refractivity contribution in [3.8, 4) is 0 Å². The minimum Gasteiger partial charge on any atom is -0.379 e. The molecule has 0 bridgehead atoms. The summed E-state index contributed by atoms with van der Waals surface area (Å²) in [4.78, 5) is 8.74. The molecule has 1 aliphatic heterocycles. The molecule has 118 valence electrons. The molecule has 0 aromatic carbocycles. The van der Waals surface area contributed by atoms with Crippen molar-refractivity contribution in [2.24, 2.45) is 0 Å². The van der Waals surface area contributed by atoms with E-state index in [1.54, 1.807) is 12.4 Å². The number of nitrogens with zero attached hydrogens (tertiary/aromatic N) is 4. The molecule has 2 aromatic heterocycles. The van der Waals surface area contributed by atoms with Crippen LogP contribution in [0.2, 0.25) is 0 Å². The lowest BCUT2D eigenvalue weighted by molar-refractivity contribution is 0.0875. The monoisotopic (exact) mass is 302 g/mol. The summed E-state index contributed by atoms with van der Waals surface area (Å²) in [5.74, 6) is 1.50. The molecular formula is C15H22N6O. The molecule has 0 amide bonds. The smallest absolute Gasteiger partial charge is 0.224 e. The van der Waals surface area contributed by atoms with Crippen molar-refractivity contribution in [3.63, 3.8) is 0 Å². The van der Waals surface area contributed by atoms with Gasteiger partial charge in [-0.3, -0.25) is 4.68 Å². The molecule has 22 heavy (non-hydrogen) atoms. The van der Waals surface area contributed by atoms with Gasteiger partial charge < -0.3 is 15.4 Å². The molecule has 0 aliphatic carbocycles. The van der Waals surface area contributed by atoms with Gasteiger partial charge in [0, 0.05) is 38.3 Å². The SMILES string of the molecule is c1cnn(CCCNc2nccc(N[C@@H]3CCCOC3)n2)c1. The molecule has 1 atom stereocenters. The first kappa shape index (κ1) is 14.8. The van der Waals surface area contributed by atoms with Crippen molar-refractivity contribution >= 4 is 11.8 Å². The summed E-state index contributed by atoms with van der Waals surface area (Å²) < 4.78 is 7.39. The zero-order valence-corrected chi connectivity index (χ0v) is 12.6. The molecule has 0 unspecified atom stereocenters. The molecule has 1 fully saturated rings. The van der Waals surface area contributed by atoms with Gasteiger partial charge in [0.05, 0.1) is 12.6 Å². The van der Waals surface area contributed by atoms with E-state index in [0.29, 0.717) is 12.0 Å². The molecule has 0 saturated carbocycles. The lowest BCUT2D eigenvalue weighted by Crippen LogP contribution is -2.30. The first-order valence-electron chi connectivity index (χ1n) is 7.79. The van der Waals surface area contributed by atoms with Gasteiger partial charge >= 0.3 is 0 Å². The number of aromatic nitrogens is 4. The third kappa shape index (κ3) is 4.42. The Hall–Kier alpha value is -2.15. The van der Waals surface area contributed by atoms with E-state index in [-0.39, 0.29) is 0 Å². The molecular weight excluding hydrogens is 280 g/mol. The van der Waals surface area contributed by atoms with Gasteiger partial charge in [-0.25, -0.2) is 4.98 Å². The van der Waals surface area contributed by atoms with Gasteiger partial charge in [0.1, 0.15) is 5.82 Å². The van der Waals surface area contributed by atoms with Crippen molar-refractivity contribution < 1.29 is 4.74 Å². The second-order valence-electron chi connectivity index (χ2n) is 5.37. The van der Waals surface area contributed by atoms with Crippen LogP contribution >= 0.6 is 0 Å². The third-order valence-electron chi connectivity index (χ3n) is 3.57. The number of anilines is 2. The van der Waals surface area contributed by atoms with Crippen LogP contribution in [0.25, 0.3) is 0 Å². The summed E-state index contributed by atoms with van der Waals surface area (Å²) in [6.45, 7) is 3.31. The Morgan fingerprint density at radius 1 is 1.36 bits per heavy atom. The molecule has 3 rings (SSSR count). The van der Waals surface area contributed by atoms with Crippen molar-refractivity contribution in [1.29, 1.82) is 0 Å². The standard InChI is InChI=1S/C15H22N6O/c1-4-13(12-22-11-1)19-14-5-8-17-15(20-14)16-6-2-9-21-10-3-7-18-21/h3,5,7-8,10,13H,1-2,4,6,9,11-12H2,(H2,16,17,19,20)/t13-/m1/s1. The number of rotatable bonds is 7. The van der Waals surface area contributed by atoms with Gasteiger partial charge in [-0.15, -0.1) is 0 Å². The summed E-state index contributed by atoms with van der Waals surface area (Å²) >= 11 is 0. The van der Waals surface area contributed by atoms with Crippen LogP contribution in [0.3, 0.4) is 0 Å². The van der Waals surface area contributed by atoms with Gasteiger partial charge in [-0.1, -0.05) is 0 Å². The van der Waals surface area contributed by atoms with E-state index in [2.05, 4.69) is 25.7 Å². The lowest BCUT2D eigenvalue weighted by Gasteiger charge is -2.23. The van der Waals surface area contributed by atoms with Crippen LogP contribution in [0, 0.1) is 0 Å². The van der Waals surface area contributed by atoms with Crippen molar-refractivity contribution in [2.45, 2.75) is 31.8 Å². The number of hydrogen-bond donors (Lipinski definition) is 2. The molecule has 2 N–H and O–H groups in total. The Balaban J connectivity index is 1.44. The third-order valence-corrected chi connectivity index (χ3v) is 3.57. The zero-order chi connectivity index (χ0) is 15.0. The van der Waals surface area contributed by atoms with E-state index >= 15 is 0 Å². The highest BCUT2D eigenvalue weighted by Gasteiger charge is 2.14. The van der Waals surface area contributed by atoms with Crippen LogP contribution < -0.4 is 10.6 Å². The van der Waals surface area contributed by atoms with Gasteiger partial charge in [0.2, 0.25) is 5.95 Å². The Morgan fingerprint density at radius 2 is 2.36 bits per heavy atom. The topological polar surface area (TPSA) is 76.9 Å². The second kappa shape index (κ2) is 7.74. The molecule has 3 heterocycles. The average Bonchev–Trinajstić information content (AvgIpc) is 3.06. The molecule has 2 aromatic rings. The van der Waals surface area contributed by atoms with Crippen LogP contribution in [0.5, 0.6) is 0 Å². The average molecular weight is 302 g/mol. The highest BCUT2D eigenvalue weighted by atomic mass is 16.5. The van der Waals surface area contributed by atoms with E-state index in [4.69, 9.17) is 4.74 Å². The molecule has 7 nitrogen and oxygen atoms in total. The number of hydrogen-bond acceptors (Lipinski definition) is 6. The van der Waals surface area contributed by atoms with E-state index < -0.39 is 0 Å².